The number of benzene rings is 2. The summed E-state index contributed by atoms with van der Waals surface area (Å²) in [5.41, 5.74) is 0.586. The number of methoxy groups -OCH3 is 1. The number of amides is 1. The van der Waals surface area contributed by atoms with Gasteiger partial charge in [0.25, 0.3) is 0 Å². The number of nitrogens with one attached hydrogen (secondary N) is 1. The number of hydrogen-bond donors (Lipinski definition) is 1. The molecular weight excluding hydrogens is 499 g/mol. The maximum atomic E-state index is 12.5. The summed E-state index contributed by atoms with van der Waals surface area (Å²) in [5.74, 6) is 0.285. The molecule has 0 fully saturated rings. The number of aromatic nitrogens is 3. The lowest BCUT2D eigenvalue weighted by Crippen LogP contribution is -2.16. The van der Waals surface area contributed by atoms with Gasteiger partial charge < -0.3 is 14.8 Å². The van der Waals surface area contributed by atoms with Crippen LogP contribution in [0.5, 0.6) is 5.75 Å². The van der Waals surface area contributed by atoms with Crippen LogP contribution < -0.4 is 10.1 Å². The molecule has 0 aliphatic heterocycles. The van der Waals surface area contributed by atoms with Crippen molar-refractivity contribution in [3.8, 4) is 5.75 Å². The predicted molar refractivity (Wildman–Crippen MR) is 133 cm³/mol. The van der Waals surface area contributed by atoms with Gasteiger partial charge in [0.15, 0.2) is 17.1 Å². The molecule has 2 aromatic carbocycles. The first-order valence-corrected chi connectivity index (χ1v) is 11.8. The average molecular weight is 521 g/mol. The van der Waals surface area contributed by atoms with Gasteiger partial charge in [-0.3, -0.25) is 9.36 Å². The Morgan fingerprint density at radius 2 is 1.97 bits per heavy atom. The molecule has 34 heavy (non-hydrogen) atoms. The zero-order valence-electron chi connectivity index (χ0n) is 18.5. The molecular formula is C23H22Cl2N4O4S. The molecule has 0 spiro atoms. The van der Waals surface area contributed by atoms with Gasteiger partial charge in [0.05, 0.1) is 28.5 Å². The van der Waals surface area contributed by atoms with Gasteiger partial charge in [-0.05, 0) is 37.3 Å². The van der Waals surface area contributed by atoms with E-state index in [0.717, 1.165) is 0 Å². The highest BCUT2D eigenvalue weighted by molar-refractivity contribution is 7.99. The van der Waals surface area contributed by atoms with Crippen LogP contribution >= 0.6 is 35.0 Å². The van der Waals surface area contributed by atoms with Gasteiger partial charge in [0, 0.05) is 12.2 Å². The number of allylic oxidation sites excluding steroid dienone is 1. The first kappa shape index (κ1) is 25.6. The van der Waals surface area contributed by atoms with Crippen molar-refractivity contribution in [1.82, 2.24) is 14.8 Å². The molecule has 1 unspecified atom stereocenters. The number of ether oxygens (including phenoxy) is 2. The number of nitrogens with zero attached hydrogens (tertiary/aromatic N) is 3. The number of halogens is 2. The van der Waals surface area contributed by atoms with Gasteiger partial charge in [-0.2, -0.15) is 0 Å². The Morgan fingerprint density at radius 1 is 1.21 bits per heavy atom. The van der Waals surface area contributed by atoms with E-state index in [1.165, 1.54) is 31.0 Å². The van der Waals surface area contributed by atoms with Crippen LogP contribution in [0, 0.1) is 0 Å². The lowest BCUT2D eigenvalue weighted by Gasteiger charge is -2.16. The quantitative estimate of drug-likeness (QED) is 0.216. The summed E-state index contributed by atoms with van der Waals surface area (Å²) < 4.78 is 12.5. The fraction of sp³-hybridized carbons (Fsp3) is 0.217. The minimum absolute atomic E-state index is 0.0607. The Bertz CT molecular complexity index is 1200. The van der Waals surface area contributed by atoms with Crippen molar-refractivity contribution in [3.05, 3.63) is 76.6 Å². The molecule has 178 valence electrons. The Hall–Kier alpha value is -3.01. The molecule has 1 N–H and O–H groups in total. The Balaban J connectivity index is 1.68. The van der Waals surface area contributed by atoms with Crippen LogP contribution in [-0.2, 0) is 16.1 Å². The molecule has 1 heterocycles. The maximum Gasteiger partial charge on any atom is 0.339 e. The molecule has 1 atom stereocenters. The standard InChI is InChI=1S/C23H22Cl2N4O4S/c1-4-11-29-21(14(2)33-19-8-6-5-7-18(19)25)27-28-23(29)34-13-20(30)26-15-9-10-17(24)16(12-15)22(31)32-3/h4-10,12,14H,1,11,13H2,2-3H3,(H,26,30). The Labute approximate surface area is 211 Å². The normalized spacial score (nSPS) is 11.5. The summed E-state index contributed by atoms with van der Waals surface area (Å²) in [5, 5.41) is 12.5. The van der Waals surface area contributed by atoms with Crippen molar-refractivity contribution in [2.24, 2.45) is 0 Å². The molecule has 0 saturated heterocycles. The average Bonchev–Trinajstić information content (AvgIpc) is 3.23. The topological polar surface area (TPSA) is 95.3 Å². The van der Waals surface area contributed by atoms with Crippen LogP contribution in [0.1, 0.15) is 29.2 Å². The van der Waals surface area contributed by atoms with E-state index in [-0.39, 0.29) is 22.2 Å². The Morgan fingerprint density at radius 3 is 2.68 bits per heavy atom. The molecule has 8 nitrogen and oxygen atoms in total. The minimum Gasteiger partial charge on any atom is -0.481 e. The number of carbonyl (C=O) groups excluding carboxylic acids is 2. The number of rotatable bonds is 10. The number of thioether (sulfide) groups is 1. The summed E-state index contributed by atoms with van der Waals surface area (Å²) in [4.78, 5) is 24.3. The second kappa shape index (κ2) is 11.9. The molecule has 0 radical (unpaired) electrons. The van der Waals surface area contributed by atoms with Crippen LogP contribution in [0.2, 0.25) is 10.0 Å². The summed E-state index contributed by atoms with van der Waals surface area (Å²) in [6, 6.07) is 11.7. The second-order valence-electron chi connectivity index (χ2n) is 6.95. The third kappa shape index (κ3) is 6.31. The zero-order valence-corrected chi connectivity index (χ0v) is 20.8. The molecule has 1 aromatic heterocycles. The highest BCUT2D eigenvalue weighted by Gasteiger charge is 2.21. The number of hydrogen-bond acceptors (Lipinski definition) is 7. The molecule has 0 aliphatic carbocycles. The fourth-order valence-corrected chi connectivity index (χ4v) is 4.12. The van der Waals surface area contributed by atoms with Gasteiger partial charge in [0.2, 0.25) is 5.91 Å². The van der Waals surface area contributed by atoms with E-state index < -0.39 is 12.1 Å². The number of anilines is 1. The van der Waals surface area contributed by atoms with Crippen molar-refractivity contribution < 1.29 is 19.1 Å². The molecule has 3 rings (SSSR count). The van der Waals surface area contributed by atoms with E-state index >= 15 is 0 Å². The minimum atomic E-state index is -0.589. The van der Waals surface area contributed by atoms with E-state index in [1.807, 2.05) is 23.6 Å². The largest absolute Gasteiger partial charge is 0.481 e. The molecule has 1 amide bonds. The lowest BCUT2D eigenvalue weighted by atomic mass is 10.2. The first-order chi connectivity index (χ1) is 16.3. The molecule has 0 aliphatic rings. The van der Waals surface area contributed by atoms with Crippen LogP contribution in [0.15, 0.2) is 60.3 Å². The van der Waals surface area contributed by atoms with Gasteiger partial charge in [-0.1, -0.05) is 53.2 Å². The van der Waals surface area contributed by atoms with Gasteiger partial charge >= 0.3 is 5.97 Å². The van der Waals surface area contributed by atoms with Crippen molar-refractivity contribution >= 4 is 52.5 Å². The van der Waals surface area contributed by atoms with Crippen LogP contribution in [0.3, 0.4) is 0 Å². The second-order valence-corrected chi connectivity index (χ2v) is 8.71. The van der Waals surface area contributed by atoms with Crippen molar-refractivity contribution in [1.29, 1.82) is 0 Å². The molecule has 0 saturated carbocycles. The summed E-state index contributed by atoms with van der Waals surface area (Å²) in [7, 11) is 1.26. The van der Waals surface area contributed by atoms with Crippen molar-refractivity contribution in [3.63, 3.8) is 0 Å². The van der Waals surface area contributed by atoms with Crippen LogP contribution in [0.25, 0.3) is 0 Å². The van der Waals surface area contributed by atoms with Crippen LogP contribution in [0.4, 0.5) is 5.69 Å². The van der Waals surface area contributed by atoms with Gasteiger partial charge in [-0.25, -0.2) is 4.79 Å². The first-order valence-electron chi connectivity index (χ1n) is 10.1. The Kier molecular flexibility index (Phi) is 8.98. The SMILES string of the molecule is C=CCn1c(SCC(=O)Nc2ccc(Cl)c(C(=O)OC)c2)nnc1C(C)Oc1ccccc1Cl. The summed E-state index contributed by atoms with van der Waals surface area (Å²) in [6.45, 7) is 6.06. The van der Waals surface area contributed by atoms with E-state index in [2.05, 4.69) is 22.1 Å². The predicted octanol–water partition coefficient (Wildman–Crippen LogP) is 5.43. The number of carbonyl (C=O) groups is 2. The number of esters is 1. The molecule has 0 bridgehead atoms. The van der Waals surface area contributed by atoms with E-state index in [0.29, 0.717) is 34.0 Å². The fourth-order valence-electron chi connectivity index (χ4n) is 2.99. The third-order valence-corrected chi connectivity index (χ3v) is 6.16. The van der Waals surface area contributed by atoms with Crippen molar-refractivity contribution in [2.45, 2.75) is 24.7 Å². The van der Waals surface area contributed by atoms with Gasteiger partial charge in [-0.15, -0.1) is 16.8 Å². The summed E-state index contributed by atoms with van der Waals surface area (Å²) in [6.07, 6.45) is 1.27. The molecule has 3 aromatic rings. The smallest absolute Gasteiger partial charge is 0.339 e. The highest BCUT2D eigenvalue weighted by Crippen LogP contribution is 2.29. The van der Waals surface area contributed by atoms with E-state index in [9.17, 15) is 9.59 Å². The summed E-state index contributed by atoms with van der Waals surface area (Å²) >= 11 is 13.4. The lowest BCUT2D eigenvalue weighted by molar-refractivity contribution is -0.113. The zero-order chi connectivity index (χ0) is 24.7. The van der Waals surface area contributed by atoms with Crippen molar-refractivity contribution in [2.75, 3.05) is 18.2 Å². The van der Waals surface area contributed by atoms with E-state index in [1.54, 1.807) is 24.3 Å². The van der Waals surface area contributed by atoms with Gasteiger partial charge in [0.1, 0.15) is 5.75 Å². The van der Waals surface area contributed by atoms with E-state index in [4.69, 9.17) is 32.7 Å². The monoisotopic (exact) mass is 520 g/mol. The number of para-hydroxylation sites is 1. The maximum absolute atomic E-state index is 12.5. The van der Waals surface area contributed by atoms with Crippen LogP contribution in [-0.4, -0.2) is 39.5 Å². The third-order valence-electron chi connectivity index (χ3n) is 4.55. The highest BCUT2D eigenvalue weighted by atomic mass is 35.5. The molecule has 11 heteroatoms.